The maximum Gasteiger partial charge on any atom is 0.139 e. The first-order valence-electron chi connectivity index (χ1n) is 11.6. The van der Waals surface area contributed by atoms with Crippen LogP contribution in [0.25, 0.3) is 0 Å². The van der Waals surface area contributed by atoms with E-state index in [0.717, 1.165) is 30.9 Å². The second kappa shape index (κ2) is 6.34. The molecule has 2 heteroatoms. The molecule has 4 saturated carbocycles. The highest BCUT2D eigenvalue weighted by Gasteiger charge is 2.67. The molecule has 2 nitrogen and oxygen atoms in total. The van der Waals surface area contributed by atoms with Gasteiger partial charge >= 0.3 is 0 Å². The van der Waals surface area contributed by atoms with E-state index in [2.05, 4.69) is 38.1 Å². The molecule has 152 valence electrons. The van der Waals surface area contributed by atoms with Crippen molar-refractivity contribution in [3.8, 4) is 5.75 Å². The Morgan fingerprint density at radius 1 is 0.893 bits per heavy atom. The van der Waals surface area contributed by atoms with Crippen LogP contribution in [0, 0.1) is 28.6 Å². The van der Waals surface area contributed by atoms with Crippen LogP contribution in [0.1, 0.15) is 83.6 Å². The Balaban J connectivity index is 1.67. The molecule has 0 amide bonds. The Kier molecular flexibility index (Phi) is 4.24. The molecular weight excluding hydrogens is 344 g/mol. The van der Waals surface area contributed by atoms with E-state index in [1.807, 2.05) is 0 Å². The number of methoxy groups -OCH3 is 1. The highest BCUT2D eigenvalue weighted by atomic mass is 16.5. The molecule has 4 fully saturated rings. The summed E-state index contributed by atoms with van der Waals surface area (Å²) in [6, 6.07) is 9.08. The highest BCUT2D eigenvalue weighted by Crippen LogP contribution is 2.71. The number of carbonyl (C=O) groups is 1. The number of benzene rings is 1. The molecule has 4 aliphatic rings. The number of Topliss-reactive ketones (excluding diaryl/α,β-unsaturated/α-hetero) is 1. The molecular formula is C26H36O2. The minimum atomic E-state index is -0.0570. The lowest BCUT2D eigenvalue weighted by molar-refractivity contribution is -0.147. The SMILES string of the molecule is COc1ccc([C@@]23CC[C@]4(C)C(=O)CC[C@H]4[C@@H]2CCC2CCCC[C@@]23C)cc1. The normalized spacial score (nSPS) is 45.1. The van der Waals surface area contributed by atoms with Crippen molar-refractivity contribution in [1.29, 1.82) is 0 Å². The van der Waals surface area contributed by atoms with Gasteiger partial charge in [0.25, 0.3) is 0 Å². The molecule has 0 bridgehead atoms. The van der Waals surface area contributed by atoms with E-state index in [9.17, 15) is 4.79 Å². The van der Waals surface area contributed by atoms with Gasteiger partial charge in [-0.1, -0.05) is 38.8 Å². The predicted octanol–water partition coefficient (Wildman–Crippen LogP) is 6.32. The molecule has 0 spiro atoms. The summed E-state index contributed by atoms with van der Waals surface area (Å²) in [5.74, 6) is 3.59. The van der Waals surface area contributed by atoms with Gasteiger partial charge in [0.15, 0.2) is 0 Å². The molecule has 1 unspecified atom stereocenters. The molecule has 0 saturated heterocycles. The molecule has 28 heavy (non-hydrogen) atoms. The fraction of sp³-hybridized carbons (Fsp3) is 0.731. The van der Waals surface area contributed by atoms with Crippen LogP contribution in [0.4, 0.5) is 0 Å². The van der Waals surface area contributed by atoms with E-state index in [1.54, 1.807) is 7.11 Å². The van der Waals surface area contributed by atoms with Gasteiger partial charge in [-0.15, -0.1) is 0 Å². The first kappa shape index (κ1) is 18.7. The summed E-state index contributed by atoms with van der Waals surface area (Å²) in [6.07, 6.45) is 12.5. The minimum Gasteiger partial charge on any atom is -0.497 e. The number of hydrogen-bond donors (Lipinski definition) is 0. The molecule has 0 heterocycles. The smallest absolute Gasteiger partial charge is 0.139 e. The molecule has 0 N–H and O–H groups in total. The Labute approximate surface area is 170 Å². The van der Waals surface area contributed by atoms with E-state index in [1.165, 1.54) is 50.5 Å². The lowest BCUT2D eigenvalue weighted by Crippen LogP contribution is -2.62. The van der Waals surface area contributed by atoms with Crippen molar-refractivity contribution in [3.63, 3.8) is 0 Å². The average Bonchev–Trinajstić information content (AvgIpc) is 3.02. The van der Waals surface area contributed by atoms with Crippen molar-refractivity contribution in [2.45, 2.75) is 83.5 Å². The van der Waals surface area contributed by atoms with Crippen LogP contribution >= 0.6 is 0 Å². The lowest BCUT2D eigenvalue weighted by atomic mass is 9.37. The molecule has 0 aliphatic heterocycles. The van der Waals surface area contributed by atoms with Crippen molar-refractivity contribution in [2.75, 3.05) is 7.11 Å². The summed E-state index contributed by atoms with van der Waals surface area (Å²) in [6.45, 7) is 4.94. The zero-order valence-corrected chi connectivity index (χ0v) is 17.9. The van der Waals surface area contributed by atoms with Crippen molar-refractivity contribution >= 4 is 5.78 Å². The molecule has 0 aromatic heterocycles. The molecule has 1 aromatic rings. The van der Waals surface area contributed by atoms with E-state index >= 15 is 0 Å². The van der Waals surface area contributed by atoms with E-state index in [0.29, 0.717) is 23.0 Å². The van der Waals surface area contributed by atoms with Gasteiger partial charge < -0.3 is 4.74 Å². The third-order valence-corrected chi connectivity index (χ3v) is 10.1. The lowest BCUT2D eigenvalue weighted by Gasteiger charge is -2.67. The second-order valence-electron chi connectivity index (χ2n) is 10.7. The summed E-state index contributed by atoms with van der Waals surface area (Å²) in [5.41, 5.74) is 2.08. The van der Waals surface area contributed by atoms with Crippen LogP contribution in [0.5, 0.6) is 5.75 Å². The second-order valence-corrected chi connectivity index (χ2v) is 10.7. The highest BCUT2D eigenvalue weighted by molar-refractivity contribution is 5.87. The van der Waals surface area contributed by atoms with Gasteiger partial charge in [0.05, 0.1) is 7.11 Å². The minimum absolute atomic E-state index is 0.0570. The summed E-state index contributed by atoms with van der Waals surface area (Å²) in [5, 5.41) is 0. The number of ketones is 1. The summed E-state index contributed by atoms with van der Waals surface area (Å²) >= 11 is 0. The van der Waals surface area contributed by atoms with Crippen LogP contribution in [0.3, 0.4) is 0 Å². The van der Waals surface area contributed by atoms with Crippen molar-refractivity contribution < 1.29 is 9.53 Å². The van der Waals surface area contributed by atoms with Gasteiger partial charge in [0.1, 0.15) is 11.5 Å². The third kappa shape index (κ3) is 2.24. The molecule has 6 atom stereocenters. The molecule has 5 rings (SSSR count). The van der Waals surface area contributed by atoms with E-state index in [4.69, 9.17) is 4.74 Å². The quantitative estimate of drug-likeness (QED) is 0.600. The largest absolute Gasteiger partial charge is 0.497 e. The maximum absolute atomic E-state index is 12.9. The van der Waals surface area contributed by atoms with Gasteiger partial charge in [0.2, 0.25) is 0 Å². The zero-order valence-electron chi connectivity index (χ0n) is 17.9. The number of hydrogen-bond acceptors (Lipinski definition) is 2. The summed E-state index contributed by atoms with van der Waals surface area (Å²) in [4.78, 5) is 12.9. The average molecular weight is 381 g/mol. The van der Waals surface area contributed by atoms with Crippen LogP contribution < -0.4 is 4.74 Å². The van der Waals surface area contributed by atoms with Gasteiger partial charge in [-0.2, -0.15) is 0 Å². The topological polar surface area (TPSA) is 26.3 Å². The van der Waals surface area contributed by atoms with Crippen molar-refractivity contribution in [2.24, 2.45) is 28.6 Å². The summed E-state index contributed by atoms with van der Waals surface area (Å²) < 4.78 is 5.48. The van der Waals surface area contributed by atoms with Crippen molar-refractivity contribution in [3.05, 3.63) is 29.8 Å². The molecule has 0 radical (unpaired) electrons. The Morgan fingerprint density at radius 2 is 1.68 bits per heavy atom. The molecule has 4 aliphatic carbocycles. The van der Waals surface area contributed by atoms with E-state index in [-0.39, 0.29) is 10.8 Å². The first-order chi connectivity index (χ1) is 13.5. The van der Waals surface area contributed by atoms with Gasteiger partial charge in [-0.3, -0.25) is 4.79 Å². The van der Waals surface area contributed by atoms with Crippen LogP contribution in [0.2, 0.25) is 0 Å². The Bertz CT molecular complexity index is 767. The standard InChI is InChI=1S/C26H36O2/c1-24-16-17-26(19-7-10-20(28-3)11-8-19)22(21(24)13-14-23(24)27)12-9-18-6-4-5-15-25(18,26)2/h7-8,10-11,18,21-22H,4-6,9,12-17H2,1-3H3/t18?,21-,22-,24-,25-,26-/m0/s1. The fourth-order valence-corrected chi connectivity index (χ4v) is 8.62. The third-order valence-electron chi connectivity index (χ3n) is 10.1. The van der Waals surface area contributed by atoms with E-state index < -0.39 is 0 Å². The molecule has 1 aromatic carbocycles. The number of rotatable bonds is 2. The van der Waals surface area contributed by atoms with Gasteiger partial charge in [-0.05, 0) is 85.8 Å². The van der Waals surface area contributed by atoms with Crippen LogP contribution in [0.15, 0.2) is 24.3 Å². The predicted molar refractivity (Wildman–Crippen MR) is 113 cm³/mol. The van der Waals surface area contributed by atoms with Crippen LogP contribution in [-0.4, -0.2) is 12.9 Å². The van der Waals surface area contributed by atoms with Crippen LogP contribution in [-0.2, 0) is 10.2 Å². The maximum atomic E-state index is 12.9. The van der Waals surface area contributed by atoms with Crippen molar-refractivity contribution in [1.82, 2.24) is 0 Å². The number of ether oxygens (including phenoxy) is 1. The van der Waals surface area contributed by atoms with Gasteiger partial charge in [-0.25, -0.2) is 0 Å². The zero-order chi connectivity index (χ0) is 19.6. The number of carbonyl (C=O) groups excluding carboxylic acids is 1. The monoisotopic (exact) mass is 380 g/mol. The summed E-state index contributed by atoms with van der Waals surface area (Å²) in [7, 11) is 1.76. The number of fused-ring (bicyclic) bond motifs is 5. The Morgan fingerprint density at radius 3 is 2.43 bits per heavy atom. The first-order valence-corrected chi connectivity index (χ1v) is 11.6. The van der Waals surface area contributed by atoms with Gasteiger partial charge in [0, 0.05) is 17.3 Å². The Hall–Kier alpha value is -1.31. The fourth-order valence-electron chi connectivity index (χ4n) is 8.62.